The van der Waals surface area contributed by atoms with Crippen LogP contribution in [0.3, 0.4) is 0 Å². The van der Waals surface area contributed by atoms with Crippen LogP contribution in [0.2, 0.25) is 0 Å². The Morgan fingerprint density at radius 1 is 1.42 bits per heavy atom. The summed E-state index contributed by atoms with van der Waals surface area (Å²) >= 11 is 0. The van der Waals surface area contributed by atoms with E-state index >= 15 is 0 Å². The van der Waals surface area contributed by atoms with Crippen molar-refractivity contribution in [1.82, 2.24) is 0 Å². The van der Waals surface area contributed by atoms with E-state index in [2.05, 4.69) is 0 Å². The SMILES string of the molecule is NCC1(C(O)CC(F)(F)F)CC1. The molecule has 0 bridgehead atoms. The third-order valence-corrected chi connectivity index (χ3v) is 2.43. The zero-order valence-corrected chi connectivity index (χ0v) is 6.56. The first-order valence-corrected chi connectivity index (χ1v) is 3.84. The minimum Gasteiger partial charge on any atom is -0.392 e. The number of nitrogens with two attached hydrogens (primary N) is 1. The molecule has 3 N–H and O–H groups in total. The molecule has 1 aliphatic rings. The van der Waals surface area contributed by atoms with Crippen LogP contribution in [0, 0.1) is 5.41 Å². The normalized spacial score (nSPS) is 23.8. The molecule has 2 nitrogen and oxygen atoms in total. The zero-order valence-electron chi connectivity index (χ0n) is 6.56. The van der Waals surface area contributed by atoms with Gasteiger partial charge in [-0.25, -0.2) is 0 Å². The number of aliphatic hydroxyl groups excluding tert-OH is 1. The molecular weight excluding hydrogens is 171 g/mol. The summed E-state index contributed by atoms with van der Waals surface area (Å²) in [6, 6.07) is 0. The molecule has 1 fully saturated rings. The van der Waals surface area contributed by atoms with Crippen molar-refractivity contribution in [3.8, 4) is 0 Å². The van der Waals surface area contributed by atoms with Crippen molar-refractivity contribution < 1.29 is 18.3 Å². The van der Waals surface area contributed by atoms with E-state index < -0.39 is 24.1 Å². The van der Waals surface area contributed by atoms with Crippen LogP contribution in [0.25, 0.3) is 0 Å². The second-order valence-corrected chi connectivity index (χ2v) is 3.40. The van der Waals surface area contributed by atoms with Crippen LogP contribution < -0.4 is 5.73 Å². The third-order valence-electron chi connectivity index (χ3n) is 2.43. The standard InChI is InChI=1S/C7H12F3NO/c8-7(9,10)3-5(12)6(4-11)1-2-6/h5,12H,1-4,11H2. The summed E-state index contributed by atoms with van der Waals surface area (Å²) < 4.78 is 35.4. The molecule has 1 rings (SSSR count). The Morgan fingerprint density at radius 3 is 2.17 bits per heavy atom. The maximum Gasteiger partial charge on any atom is 0.391 e. The molecule has 0 amide bonds. The molecule has 1 unspecified atom stereocenters. The van der Waals surface area contributed by atoms with Gasteiger partial charge in [0.15, 0.2) is 0 Å². The van der Waals surface area contributed by atoms with E-state index in [0.29, 0.717) is 12.8 Å². The Bertz CT molecular complexity index is 165. The largest absolute Gasteiger partial charge is 0.392 e. The van der Waals surface area contributed by atoms with Crippen molar-refractivity contribution in [3.63, 3.8) is 0 Å². The van der Waals surface area contributed by atoms with Gasteiger partial charge in [0.1, 0.15) is 0 Å². The van der Waals surface area contributed by atoms with Crippen molar-refractivity contribution in [2.45, 2.75) is 31.5 Å². The van der Waals surface area contributed by atoms with Gasteiger partial charge in [-0.05, 0) is 12.8 Å². The molecule has 72 valence electrons. The predicted octanol–water partition coefficient (Wildman–Crippen LogP) is 1.04. The fourth-order valence-electron chi connectivity index (χ4n) is 1.27. The monoisotopic (exact) mass is 183 g/mol. The van der Waals surface area contributed by atoms with Crippen LogP contribution in [0.1, 0.15) is 19.3 Å². The highest BCUT2D eigenvalue weighted by atomic mass is 19.4. The Balaban J connectivity index is 2.43. The minimum atomic E-state index is -4.29. The molecule has 0 aromatic rings. The lowest BCUT2D eigenvalue weighted by Crippen LogP contribution is -2.33. The molecule has 12 heavy (non-hydrogen) atoms. The van der Waals surface area contributed by atoms with E-state index in [4.69, 9.17) is 5.73 Å². The van der Waals surface area contributed by atoms with Crippen LogP contribution in [-0.4, -0.2) is 23.9 Å². The van der Waals surface area contributed by atoms with Gasteiger partial charge < -0.3 is 10.8 Å². The van der Waals surface area contributed by atoms with Gasteiger partial charge in [0, 0.05) is 12.0 Å². The Kier molecular flexibility index (Phi) is 2.35. The number of halogens is 3. The Labute approximate surface area is 68.6 Å². The number of alkyl halides is 3. The second-order valence-electron chi connectivity index (χ2n) is 3.40. The van der Waals surface area contributed by atoms with Gasteiger partial charge in [-0.2, -0.15) is 13.2 Å². The second kappa shape index (κ2) is 2.88. The van der Waals surface area contributed by atoms with Crippen LogP contribution in [-0.2, 0) is 0 Å². The maximum atomic E-state index is 11.8. The zero-order chi connectivity index (χ0) is 9.41. The molecule has 0 aliphatic heterocycles. The van der Waals surface area contributed by atoms with Crippen molar-refractivity contribution in [2.24, 2.45) is 11.1 Å². The van der Waals surface area contributed by atoms with Crippen LogP contribution in [0.15, 0.2) is 0 Å². The molecule has 0 heterocycles. The molecule has 0 saturated heterocycles. The minimum absolute atomic E-state index is 0.143. The highest BCUT2D eigenvalue weighted by molar-refractivity contribution is 5.00. The van der Waals surface area contributed by atoms with Crippen molar-refractivity contribution >= 4 is 0 Å². The van der Waals surface area contributed by atoms with Gasteiger partial charge in [-0.1, -0.05) is 0 Å². The summed E-state index contributed by atoms with van der Waals surface area (Å²) in [7, 11) is 0. The highest BCUT2D eigenvalue weighted by Crippen LogP contribution is 2.50. The lowest BCUT2D eigenvalue weighted by Gasteiger charge is -2.21. The van der Waals surface area contributed by atoms with E-state index in [1.165, 1.54) is 0 Å². The molecule has 0 radical (unpaired) electrons. The summed E-state index contributed by atoms with van der Waals surface area (Å²) in [6.07, 6.45) is -5.52. The molecule has 0 spiro atoms. The average molecular weight is 183 g/mol. The number of aliphatic hydroxyl groups is 1. The smallest absolute Gasteiger partial charge is 0.391 e. The predicted molar refractivity (Wildman–Crippen MR) is 37.4 cm³/mol. The average Bonchev–Trinajstić information content (AvgIpc) is 2.62. The van der Waals surface area contributed by atoms with Gasteiger partial charge >= 0.3 is 6.18 Å². The molecular formula is C7H12F3NO. The fraction of sp³-hybridized carbons (Fsp3) is 1.00. The lowest BCUT2D eigenvalue weighted by atomic mass is 9.97. The molecule has 1 atom stereocenters. The number of hydrogen-bond acceptors (Lipinski definition) is 2. The van der Waals surface area contributed by atoms with Gasteiger partial charge in [-0.3, -0.25) is 0 Å². The summed E-state index contributed by atoms with van der Waals surface area (Å²) in [5.41, 5.74) is 4.63. The van der Waals surface area contributed by atoms with Crippen molar-refractivity contribution in [3.05, 3.63) is 0 Å². The summed E-state index contributed by atoms with van der Waals surface area (Å²) in [5.74, 6) is 0. The van der Waals surface area contributed by atoms with E-state index in [-0.39, 0.29) is 6.54 Å². The van der Waals surface area contributed by atoms with E-state index in [1.54, 1.807) is 0 Å². The Hall–Kier alpha value is -0.290. The first kappa shape index (κ1) is 9.80. The topological polar surface area (TPSA) is 46.2 Å². The van der Waals surface area contributed by atoms with Gasteiger partial charge in [-0.15, -0.1) is 0 Å². The molecule has 1 aliphatic carbocycles. The van der Waals surface area contributed by atoms with Crippen LogP contribution in [0.4, 0.5) is 13.2 Å². The first-order valence-electron chi connectivity index (χ1n) is 3.84. The quantitative estimate of drug-likeness (QED) is 0.686. The molecule has 0 aromatic carbocycles. The maximum absolute atomic E-state index is 11.8. The summed E-state index contributed by atoms with van der Waals surface area (Å²) in [6.45, 7) is 0.143. The van der Waals surface area contributed by atoms with Crippen LogP contribution in [0.5, 0.6) is 0 Å². The first-order chi connectivity index (χ1) is 5.40. The number of hydrogen-bond donors (Lipinski definition) is 2. The van der Waals surface area contributed by atoms with Gasteiger partial charge in [0.25, 0.3) is 0 Å². The lowest BCUT2D eigenvalue weighted by molar-refractivity contribution is -0.160. The van der Waals surface area contributed by atoms with Crippen molar-refractivity contribution in [2.75, 3.05) is 6.54 Å². The molecule has 0 aromatic heterocycles. The molecule has 1 saturated carbocycles. The number of rotatable bonds is 3. The van der Waals surface area contributed by atoms with Gasteiger partial charge in [0.2, 0.25) is 0 Å². The van der Waals surface area contributed by atoms with E-state index in [0.717, 1.165) is 0 Å². The highest BCUT2D eigenvalue weighted by Gasteiger charge is 2.50. The van der Waals surface area contributed by atoms with Crippen molar-refractivity contribution in [1.29, 1.82) is 0 Å². The van der Waals surface area contributed by atoms with E-state index in [9.17, 15) is 18.3 Å². The van der Waals surface area contributed by atoms with Crippen LogP contribution >= 0.6 is 0 Å². The third kappa shape index (κ3) is 2.10. The Morgan fingerprint density at radius 2 is 1.92 bits per heavy atom. The van der Waals surface area contributed by atoms with E-state index in [1.807, 2.05) is 0 Å². The molecule has 5 heteroatoms. The summed E-state index contributed by atoms with van der Waals surface area (Å²) in [4.78, 5) is 0. The fourth-order valence-corrected chi connectivity index (χ4v) is 1.27. The summed E-state index contributed by atoms with van der Waals surface area (Å²) in [5, 5.41) is 9.18. The van der Waals surface area contributed by atoms with Gasteiger partial charge in [0.05, 0.1) is 12.5 Å².